The van der Waals surface area contributed by atoms with Crippen molar-refractivity contribution in [1.82, 2.24) is 15.5 Å². The number of nitrogens with one attached hydrogen (secondary N) is 2. The number of amides is 1. The van der Waals surface area contributed by atoms with Crippen LogP contribution in [0.5, 0.6) is 0 Å². The van der Waals surface area contributed by atoms with Crippen LogP contribution in [0.15, 0.2) is 30.3 Å². The van der Waals surface area contributed by atoms with Crippen LogP contribution in [0.25, 0.3) is 0 Å². The average Bonchev–Trinajstić information content (AvgIpc) is 2.49. The molecule has 1 saturated heterocycles. The molecule has 1 unspecified atom stereocenters. The molecule has 5 heteroatoms. The van der Waals surface area contributed by atoms with Crippen molar-refractivity contribution in [2.24, 2.45) is 0 Å². The third kappa shape index (κ3) is 4.92. The van der Waals surface area contributed by atoms with Crippen molar-refractivity contribution in [3.63, 3.8) is 0 Å². The first kappa shape index (κ1) is 15.0. The lowest BCUT2D eigenvalue weighted by molar-refractivity contribution is -0.125. The zero-order valence-electron chi connectivity index (χ0n) is 12.0. The summed E-state index contributed by atoms with van der Waals surface area (Å²) in [7, 11) is 2.06. The van der Waals surface area contributed by atoms with Gasteiger partial charge in [0, 0.05) is 26.2 Å². The molecule has 20 heavy (non-hydrogen) atoms. The molecule has 0 aromatic heterocycles. The monoisotopic (exact) mass is 277 g/mol. The molecule has 0 saturated carbocycles. The van der Waals surface area contributed by atoms with Gasteiger partial charge in [0.1, 0.15) is 6.04 Å². The molecule has 5 nitrogen and oxygen atoms in total. The number of benzene rings is 1. The van der Waals surface area contributed by atoms with Gasteiger partial charge in [-0.05, 0) is 12.6 Å². The van der Waals surface area contributed by atoms with Gasteiger partial charge in [0.25, 0.3) is 0 Å². The highest BCUT2D eigenvalue weighted by Crippen LogP contribution is 2.01. The van der Waals surface area contributed by atoms with Crippen LogP contribution in [0.4, 0.5) is 0 Å². The van der Waals surface area contributed by atoms with E-state index < -0.39 is 0 Å². The van der Waals surface area contributed by atoms with Crippen LogP contribution in [0.2, 0.25) is 0 Å². The molecule has 0 spiro atoms. The van der Waals surface area contributed by atoms with Crippen LogP contribution in [-0.2, 0) is 16.1 Å². The first-order valence-corrected chi connectivity index (χ1v) is 7.07. The Morgan fingerprint density at radius 1 is 1.45 bits per heavy atom. The highest BCUT2D eigenvalue weighted by Gasteiger charge is 2.20. The maximum Gasteiger partial charge on any atom is 0.239 e. The molecule has 2 rings (SSSR count). The Balaban J connectivity index is 1.63. The molecule has 0 bridgehead atoms. The molecule has 1 heterocycles. The van der Waals surface area contributed by atoms with E-state index in [0.29, 0.717) is 19.8 Å². The highest BCUT2D eigenvalue weighted by atomic mass is 16.5. The summed E-state index contributed by atoms with van der Waals surface area (Å²) in [6.45, 7) is 4.26. The molecule has 1 aromatic rings. The third-order valence-electron chi connectivity index (χ3n) is 3.33. The highest BCUT2D eigenvalue weighted by molar-refractivity contribution is 5.81. The minimum atomic E-state index is -0.205. The molecule has 1 aromatic carbocycles. The molecule has 1 atom stereocenters. The number of ether oxygens (including phenoxy) is 1. The Labute approximate surface area is 120 Å². The van der Waals surface area contributed by atoms with Gasteiger partial charge in [-0.25, -0.2) is 0 Å². The Morgan fingerprint density at radius 2 is 2.25 bits per heavy atom. The number of rotatable bonds is 6. The lowest BCUT2D eigenvalue weighted by atomic mass is 10.2. The van der Waals surface area contributed by atoms with Crippen LogP contribution in [0.1, 0.15) is 5.56 Å². The summed E-state index contributed by atoms with van der Waals surface area (Å²) < 4.78 is 5.28. The minimum Gasteiger partial charge on any atom is -0.378 e. The number of hydrogen-bond donors (Lipinski definition) is 2. The van der Waals surface area contributed by atoms with Crippen LogP contribution in [0, 0.1) is 0 Å². The smallest absolute Gasteiger partial charge is 0.239 e. The number of likely N-dealkylation sites (N-methyl/N-ethyl adjacent to an activating group) is 1. The van der Waals surface area contributed by atoms with Crippen LogP contribution in [0.3, 0.4) is 0 Å². The number of carbonyl (C=O) groups is 1. The second-order valence-corrected chi connectivity index (χ2v) is 5.10. The van der Waals surface area contributed by atoms with Gasteiger partial charge in [-0.3, -0.25) is 4.79 Å². The van der Waals surface area contributed by atoms with E-state index in [4.69, 9.17) is 4.74 Å². The van der Waals surface area contributed by atoms with Crippen molar-refractivity contribution < 1.29 is 9.53 Å². The Hall–Kier alpha value is -1.43. The molecule has 1 fully saturated rings. The number of nitrogens with zero attached hydrogens (tertiary/aromatic N) is 1. The Kier molecular flexibility index (Phi) is 5.98. The number of morpholine rings is 1. The summed E-state index contributed by atoms with van der Waals surface area (Å²) in [4.78, 5) is 14.1. The van der Waals surface area contributed by atoms with E-state index in [9.17, 15) is 4.79 Å². The van der Waals surface area contributed by atoms with Crippen molar-refractivity contribution in [3.05, 3.63) is 35.9 Å². The maximum absolute atomic E-state index is 11.9. The summed E-state index contributed by atoms with van der Waals surface area (Å²) in [5, 5.41) is 6.09. The quantitative estimate of drug-likeness (QED) is 0.781. The fourth-order valence-corrected chi connectivity index (χ4v) is 2.20. The summed E-state index contributed by atoms with van der Waals surface area (Å²) in [5.41, 5.74) is 1.28. The topological polar surface area (TPSA) is 53.6 Å². The largest absolute Gasteiger partial charge is 0.378 e. The van der Waals surface area contributed by atoms with Crippen molar-refractivity contribution in [1.29, 1.82) is 0 Å². The number of hydrogen-bond acceptors (Lipinski definition) is 4. The van der Waals surface area contributed by atoms with Crippen molar-refractivity contribution >= 4 is 5.91 Å². The Morgan fingerprint density at radius 3 is 2.95 bits per heavy atom. The van der Waals surface area contributed by atoms with Gasteiger partial charge in [0.2, 0.25) is 5.91 Å². The molecular weight excluding hydrogens is 254 g/mol. The zero-order valence-corrected chi connectivity index (χ0v) is 12.0. The Bertz CT molecular complexity index is 405. The maximum atomic E-state index is 11.9. The standard InChI is InChI=1S/C15H23N3O2/c1-18(11-13-5-3-2-4-6-13)9-7-17-15(19)14-12-20-10-8-16-14/h2-6,14,16H,7-12H2,1H3,(H,17,19). The van der Waals surface area contributed by atoms with E-state index in [0.717, 1.165) is 19.6 Å². The third-order valence-corrected chi connectivity index (χ3v) is 3.33. The molecule has 1 aliphatic rings. The van der Waals surface area contributed by atoms with E-state index >= 15 is 0 Å². The summed E-state index contributed by atoms with van der Waals surface area (Å²) in [6, 6.07) is 10.1. The molecule has 0 radical (unpaired) electrons. The van der Waals surface area contributed by atoms with Gasteiger partial charge in [0.05, 0.1) is 13.2 Å². The fourth-order valence-electron chi connectivity index (χ4n) is 2.20. The fraction of sp³-hybridized carbons (Fsp3) is 0.533. The normalized spacial score (nSPS) is 19.0. The summed E-state index contributed by atoms with van der Waals surface area (Å²) in [6.07, 6.45) is 0. The number of carbonyl (C=O) groups excluding carboxylic acids is 1. The van der Waals surface area contributed by atoms with E-state index in [1.165, 1.54) is 5.56 Å². The van der Waals surface area contributed by atoms with Crippen molar-refractivity contribution in [2.75, 3.05) is 39.9 Å². The van der Waals surface area contributed by atoms with Gasteiger partial charge in [-0.2, -0.15) is 0 Å². The van der Waals surface area contributed by atoms with Crippen LogP contribution >= 0.6 is 0 Å². The molecule has 2 N–H and O–H groups in total. The van der Waals surface area contributed by atoms with E-state index in [2.05, 4.69) is 34.7 Å². The van der Waals surface area contributed by atoms with Crippen molar-refractivity contribution in [2.45, 2.75) is 12.6 Å². The van der Waals surface area contributed by atoms with Crippen molar-refractivity contribution in [3.8, 4) is 0 Å². The van der Waals surface area contributed by atoms with Gasteiger partial charge < -0.3 is 20.3 Å². The molecule has 0 aliphatic carbocycles. The van der Waals surface area contributed by atoms with Gasteiger partial charge in [-0.1, -0.05) is 30.3 Å². The molecule has 1 aliphatic heterocycles. The second-order valence-electron chi connectivity index (χ2n) is 5.10. The van der Waals surface area contributed by atoms with Crippen LogP contribution < -0.4 is 10.6 Å². The minimum absolute atomic E-state index is 0.0258. The van der Waals surface area contributed by atoms with Gasteiger partial charge in [0.15, 0.2) is 0 Å². The molecular formula is C15H23N3O2. The molecule has 110 valence electrons. The summed E-state index contributed by atoms with van der Waals surface area (Å²) >= 11 is 0. The average molecular weight is 277 g/mol. The zero-order chi connectivity index (χ0) is 14.2. The summed E-state index contributed by atoms with van der Waals surface area (Å²) in [5.74, 6) is 0.0258. The predicted octanol–water partition coefficient (Wildman–Crippen LogP) is 0.223. The van der Waals surface area contributed by atoms with E-state index in [1.54, 1.807) is 0 Å². The first-order valence-electron chi connectivity index (χ1n) is 7.07. The molecule has 1 amide bonds. The van der Waals surface area contributed by atoms with Gasteiger partial charge >= 0.3 is 0 Å². The lowest BCUT2D eigenvalue weighted by Gasteiger charge is -2.23. The first-order chi connectivity index (χ1) is 9.75. The van der Waals surface area contributed by atoms with E-state index in [-0.39, 0.29) is 11.9 Å². The lowest BCUT2D eigenvalue weighted by Crippen LogP contribution is -2.52. The van der Waals surface area contributed by atoms with Gasteiger partial charge in [-0.15, -0.1) is 0 Å². The second kappa shape index (κ2) is 7.99. The van der Waals surface area contributed by atoms with E-state index in [1.807, 2.05) is 18.2 Å². The van der Waals surface area contributed by atoms with Crippen LogP contribution in [-0.4, -0.2) is 56.7 Å². The predicted molar refractivity (Wildman–Crippen MR) is 78.4 cm³/mol. The SMILES string of the molecule is CN(CCNC(=O)C1COCCN1)Cc1ccccc1.